The van der Waals surface area contributed by atoms with E-state index in [0.717, 1.165) is 5.56 Å². The molecule has 132 valence electrons. The molecule has 1 aromatic carbocycles. The lowest BCUT2D eigenvalue weighted by molar-refractivity contribution is -0.127. The molecule has 0 saturated carbocycles. The normalized spacial score (nSPS) is 20.3. The van der Waals surface area contributed by atoms with E-state index < -0.39 is 0 Å². The summed E-state index contributed by atoms with van der Waals surface area (Å²) in [5.41, 5.74) is 3.66. The van der Waals surface area contributed by atoms with Gasteiger partial charge in [0.25, 0.3) is 5.91 Å². The van der Waals surface area contributed by atoms with Crippen LogP contribution < -0.4 is 10.7 Å². The van der Waals surface area contributed by atoms with E-state index in [2.05, 4.69) is 15.8 Å². The van der Waals surface area contributed by atoms with Gasteiger partial charge in [-0.05, 0) is 24.1 Å². The van der Waals surface area contributed by atoms with Gasteiger partial charge in [0.15, 0.2) is 0 Å². The van der Waals surface area contributed by atoms with Crippen molar-refractivity contribution in [1.82, 2.24) is 15.6 Å². The minimum Gasteiger partial charge on any atom is -0.346 e. The summed E-state index contributed by atoms with van der Waals surface area (Å²) in [6.45, 7) is 1.06. The molecule has 1 saturated heterocycles. The van der Waals surface area contributed by atoms with Crippen molar-refractivity contribution in [2.45, 2.75) is 31.7 Å². The Morgan fingerprint density at radius 3 is 2.92 bits per heavy atom. The van der Waals surface area contributed by atoms with Gasteiger partial charge in [0, 0.05) is 37.4 Å². The number of nitrogens with zero attached hydrogens (tertiary/aromatic N) is 2. The van der Waals surface area contributed by atoms with Gasteiger partial charge in [-0.1, -0.05) is 23.7 Å². The van der Waals surface area contributed by atoms with Crippen LogP contribution in [0.25, 0.3) is 0 Å². The number of carbonyl (C=O) groups is 3. The van der Waals surface area contributed by atoms with Crippen molar-refractivity contribution >= 4 is 35.0 Å². The average Bonchev–Trinajstić information content (AvgIpc) is 2.93. The first-order valence-electron chi connectivity index (χ1n) is 8.20. The van der Waals surface area contributed by atoms with Crippen molar-refractivity contribution in [1.29, 1.82) is 0 Å². The number of amides is 3. The Hall–Kier alpha value is -2.41. The number of carbonyl (C=O) groups excluding carboxylic acids is 3. The minimum absolute atomic E-state index is 0.0196. The van der Waals surface area contributed by atoms with Crippen LogP contribution in [-0.2, 0) is 20.8 Å². The van der Waals surface area contributed by atoms with Crippen molar-refractivity contribution in [3.8, 4) is 0 Å². The Bertz CT molecular complexity index is 734. The van der Waals surface area contributed by atoms with Crippen molar-refractivity contribution in [3.05, 3.63) is 34.9 Å². The summed E-state index contributed by atoms with van der Waals surface area (Å²) in [7, 11) is 0. The van der Waals surface area contributed by atoms with Gasteiger partial charge in [0.05, 0.1) is 6.04 Å². The van der Waals surface area contributed by atoms with Crippen molar-refractivity contribution in [2.24, 2.45) is 5.10 Å². The van der Waals surface area contributed by atoms with Gasteiger partial charge < -0.3 is 10.2 Å². The Morgan fingerprint density at radius 1 is 1.36 bits per heavy atom. The lowest BCUT2D eigenvalue weighted by Crippen LogP contribution is -2.43. The molecule has 2 heterocycles. The van der Waals surface area contributed by atoms with Gasteiger partial charge in [0.2, 0.25) is 11.8 Å². The molecule has 25 heavy (non-hydrogen) atoms. The largest absolute Gasteiger partial charge is 0.346 e. The maximum Gasteiger partial charge on any atom is 0.267 e. The fourth-order valence-electron chi connectivity index (χ4n) is 2.95. The standard InChI is InChI=1S/C17H19ClN4O3/c18-12-3-1-2-11(8-12)6-7-22-10-13(9-16(22)24)19-17(25)14-4-5-15(23)21-20-14/h1-3,8,13H,4-7,9-10H2,(H,19,25)(H,21,23)/t13-/m1/s1. The summed E-state index contributed by atoms with van der Waals surface area (Å²) in [6, 6.07) is 7.32. The number of hydrazone groups is 1. The van der Waals surface area contributed by atoms with Crippen LogP contribution in [0.15, 0.2) is 29.4 Å². The molecule has 1 fully saturated rings. The fraction of sp³-hybridized carbons (Fsp3) is 0.412. The van der Waals surface area contributed by atoms with Crippen LogP contribution in [-0.4, -0.2) is 47.5 Å². The smallest absolute Gasteiger partial charge is 0.267 e. The summed E-state index contributed by atoms with van der Waals surface area (Å²) in [4.78, 5) is 37.1. The lowest BCUT2D eigenvalue weighted by Gasteiger charge is -2.18. The highest BCUT2D eigenvalue weighted by molar-refractivity contribution is 6.39. The van der Waals surface area contributed by atoms with Gasteiger partial charge in [-0.2, -0.15) is 5.10 Å². The zero-order valence-corrected chi connectivity index (χ0v) is 14.4. The second kappa shape index (κ2) is 7.65. The summed E-state index contributed by atoms with van der Waals surface area (Å²) in [6.07, 6.45) is 1.56. The van der Waals surface area contributed by atoms with Crippen LogP contribution in [0.1, 0.15) is 24.8 Å². The van der Waals surface area contributed by atoms with E-state index in [-0.39, 0.29) is 36.6 Å². The number of likely N-dealkylation sites (tertiary alicyclic amines) is 1. The van der Waals surface area contributed by atoms with E-state index in [4.69, 9.17) is 11.6 Å². The Balaban J connectivity index is 1.50. The molecule has 0 aromatic heterocycles. The van der Waals surface area contributed by atoms with Crippen molar-refractivity contribution in [3.63, 3.8) is 0 Å². The molecule has 1 atom stereocenters. The molecular weight excluding hydrogens is 344 g/mol. The highest BCUT2D eigenvalue weighted by atomic mass is 35.5. The number of rotatable bonds is 5. The topological polar surface area (TPSA) is 90.9 Å². The van der Waals surface area contributed by atoms with E-state index >= 15 is 0 Å². The number of nitrogens with one attached hydrogen (secondary N) is 2. The third-order valence-corrected chi connectivity index (χ3v) is 4.51. The molecule has 0 radical (unpaired) electrons. The summed E-state index contributed by atoms with van der Waals surface area (Å²) in [5, 5.41) is 7.27. The number of hydrogen-bond donors (Lipinski definition) is 2. The zero-order valence-electron chi connectivity index (χ0n) is 13.6. The van der Waals surface area contributed by atoms with Gasteiger partial charge in [-0.15, -0.1) is 0 Å². The molecule has 0 unspecified atom stereocenters. The molecule has 0 aliphatic carbocycles. The second-order valence-electron chi connectivity index (χ2n) is 6.19. The molecule has 3 rings (SSSR count). The number of hydrogen-bond acceptors (Lipinski definition) is 4. The monoisotopic (exact) mass is 362 g/mol. The quantitative estimate of drug-likeness (QED) is 0.814. The van der Waals surface area contributed by atoms with Gasteiger partial charge >= 0.3 is 0 Å². The summed E-state index contributed by atoms with van der Waals surface area (Å²) < 4.78 is 0. The number of benzene rings is 1. The molecule has 7 nitrogen and oxygen atoms in total. The summed E-state index contributed by atoms with van der Waals surface area (Å²) in [5.74, 6) is -0.500. The van der Waals surface area contributed by atoms with Gasteiger partial charge in [-0.3, -0.25) is 14.4 Å². The maximum atomic E-state index is 12.2. The molecule has 3 amide bonds. The molecule has 2 aliphatic heterocycles. The predicted molar refractivity (Wildman–Crippen MR) is 93.1 cm³/mol. The van der Waals surface area contributed by atoms with Crippen LogP contribution in [0.3, 0.4) is 0 Å². The number of halogens is 1. The van der Waals surface area contributed by atoms with Crippen LogP contribution >= 0.6 is 11.6 Å². The lowest BCUT2D eigenvalue weighted by atomic mass is 10.1. The van der Waals surface area contributed by atoms with E-state index in [1.165, 1.54) is 0 Å². The van der Waals surface area contributed by atoms with Crippen LogP contribution in [0, 0.1) is 0 Å². The minimum atomic E-state index is -0.325. The van der Waals surface area contributed by atoms with Crippen LogP contribution in [0.2, 0.25) is 5.02 Å². The highest BCUT2D eigenvalue weighted by Crippen LogP contribution is 2.15. The van der Waals surface area contributed by atoms with Crippen molar-refractivity contribution < 1.29 is 14.4 Å². The van der Waals surface area contributed by atoms with E-state index in [1.54, 1.807) is 4.90 Å². The summed E-state index contributed by atoms with van der Waals surface area (Å²) >= 11 is 5.97. The van der Waals surface area contributed by atoms with E-state index in [9.17, 15) is 14.4 Å². The first kappa shape index (κ1) is 17.4. The van der Waals surface area contributed by atoms with E-state index in [1.807, 2.05) is 24.3 Å². The maximum absolute atomic E-state index is 12.2. The second-order valence-corrected chi connectivity index (χ2v) is 6.62. The third-order valence-electron chi connectivity index (χ3n) is 4.28. The first-order chi connectivity index (χ1) is 12.0. The van der Waals surface area contributed by atoms with Crippen LogP contribution in [0.4, 0.5) is 0 Å². The molecular formula is C17H19ClN4O3. The SMILES string of the molecule is O=C1CCC(C(=O)N[C@@H]2CC(=O)N(CCc3cccc(Cl)c3)C2)=NN1. The third kappa shape index (κ3) is 4.57. The molecule has 8 heteroatoms. The van der Waals surface area contributed by atoms with E-state index in [0.29, 0.717) is 36.7 Å². The molecule has 0 bridgehead atoms. The zero-order chi connectivity index (χ0) is 17.8. The molecule has 2 N–H and O–H groups in total. The molecule has 2 aliphatic rings. The fourth-order valence-corrected chi connectivity index (χ4v) is 3.16. The Labute approximate surface area is 150 Å². The molecule has 1 aromatic rings. The van der Waals surface area contributed by atoms with Crippen molar-refractivity contribution in [2.75, 3.05) is 13.1 Å². The Kier molecular flexibility index (Phi) is 5.33. The van der Waals surface area contributed by atoms with Crippen LogP contribution in [0.5, 0.6) is 0 Å². The predicted octanol–water partition coefficient (Wildman–Crippen LogP) is 0.866. The van der Waals surface area contributed by atoms with Gasteiger partial charge in [0.1, 0.15) is 5.71 Å². The first-order valence-corrected chi connectivity index (χ1v) is 8.57. The van der Waals surface area contributed by atoms with Gasteiger partial charge in [-0.25, -0.2) is 5.43 Å². The Morgan fingerprint density at radius 2 is 2.20 bits per heavy atom. The average molecular weight is 363 g/mol. The molecule has 0 spiro atoms. The highest BCUT2D eigenvalue weighted by Gasteiger charge is 2.31.